The molecule has 0 fully saturated rings. The van der Waals surface area contributed by atoms with Crippen LogP contribution in [0.5, 0.6) is 0 Å². The van der Waals surface area contributed by atoms with E-state index in [4.69, 9.17) is 6.42 Å². The van der Waals surface area contributed by atoms with Crippen molar-refractivity contribution in [2.24, 2.45) is 0 Å². The number of nitrogens with one attached hydrogen (secondary N) is 2. The van der Waals surface area contributed by atoms with Crippen LogP contribution in [0.15, 0.2) is 82.6 Å². The van der Waals surface area contributed by atoms with Crippen molar-refractivity contribution in [3.63, 3.8) is 0 Å². The first kappa shape index (κ1) is 27.1. The van der Waals surface area contributed by atoms with Crippen LogP contribution in [0.25, 0.3) is 0 Å². The van der Waals surface area contributed by atoms with Crippen molar-refractivity contribution in [2.75, 3.05) is 36.4 Å². The molecular weight excluding hydrogens is 496 g/mol. The fraction of sp³-hybridized carbons (Fsp3) is 0.231. The van der Waals surface area contributed by atoms with E-state index in [0.29, 0.717) is 17.0 Å². The van der Waals surface area contributed by atoms with Crippen molar-refractivity contribution in [1.82, 2.24) is 4.90 Å². The molecule has 0 amide bonds. The fourth-order valence-corrected chi connectivity index (χ4v) is 5.42. The van der Waals surface area contributed by atoms with Crippen molar-refractivity contribution in [2.45, 2.75) is 22.3 Å². The molecule has 0 aliphatic carbocycles. The van der Waals surface area contributed by atoms with Crippen molar-refractivity contribution >= 4 is 38.8 Å². The summed E-state index contributed by atoms with van der Waals surface area (Å²) in [7, 11) is -0.109. The van der Waals surface area contributed by atoms with Crippen LogP contribution < -0.4 is 10.0 Å². The maximum absolute atomic E-state index is 12.9. The number of hydrogen-bond donors (Lipinski definition) is 2. The summed E-state index contributed by atoms with van der Waals surface area (Å²) in [4.78, 5) is 14.3. The average molecular weight is 525 g/mol. The molecule has 0 saturated carbocycles. The summed E-state index contributed by atoms with van der Waals surface area (Å²) in [5, 5.41) is 15.1. The van der Waals surface area contributed by atoms with Gasteiger partial charge < -0.3 is 10.2 Å². The zero-order valence-electron chi connectivity index (χ0n) is 20.0. The van der Waals surface area contributed by atoms with Gasteiger partial charge in [0, 0.05) is 34.0 Å². The minimum atomic E-state index is -4.05. The Morgan fingerprint density at radius 1 is 1.08 bits per heavy atom. The minimum Gasteiger partial charge on any atom is -0.376 e. The van der Waals surface area contributed by atoms with E-state index in [1.54, 1.807) is 23.9 Å². The molecule has 3 aromatic carbocycles. The molecule has 0 saturated heterocycles. The van der Waals surface area contributed by atoms with Crippen LogP contribution in [-0.2, 0) is 10.0 Å². The molecule has 8 nitrogen and oxygen atoms in total. The Hall–Kier alpha value is -3.52. The van der Waals surface area contributed by atoms with Crippen LogP contribution in [0.2, 0.25) is 0 Å². The second-order valence-corrected chi connectivity index (χ2v) is 11.1. The highest BCUT2D eigenvalue weighted by molar-refractivity contribution is 7.99. The summed E-state index contributed by atoms with van der Waals surface area (Å²) in [5.74, 6) is 3.15. The van der Waals surface area contributed by atoms with Crippen LogP contribution in [0.3, 0.4) is 0 Å². The SMILES string of the molecule is C#Cc1ccc(NS(=O)(=O)c2ccc(N[C@H](CCN(C)C)CSc3ccccc3)c([N+](=O)[O-])c2)cc1. The lowest BCUT2D eigenvalue weighted by Gasteiger charge is -2.22. The molecule has 188 valence electrons. The van der Waals surface area contributed by atoms with Crippen molar-refractivity contribution < 1.29 is 13.3 Å². The Morgan fingerprint density at radius 2 is 1.78 bits per heavy atom. The summed E-state index contributed by atoms with van der Waals surface area (Å²) >= 11 is 1.66. The largest absolute Gasteiger partial charge is 0.376 e. The first-order chi connectivity index (χ1) is 17.2. The number of nitro groups is 1. The highest BCUT2D eigenvalue weighted by Crippen LogP contribution is 2.30. The van der Waals surface area contributed by atoms with Gasteiger partial charge in [-0.25, -0.2) is 8.42 Å². The summed E-state index contributed by atoms with van der Waals surface area (Å²) in [5.41, 5.74) is 0.883. The second kappa shape index (κ2) is 12.4. The molecule has 0 radical (unpaired) electrons. The predicted molar refractivity (Wildman–Crippen MR) is 146 cm³/mol. The Kier molecular flexibility index (Phi) is 9.36. The number of thioether (sulfide) groups is 1. The van der Waals surface area contributed by atoms with Gasteiger partial charge in [0.15, 0.2) is 0 Å². The van der Waals surface area contributed by atoms with E-state index in [1.807, 2.05) is 49.3 Å². The third kappa shape index (κ3) is 7.75. The molecule has 3 rings (SSSR count). The van der Waals surface area contributed by atoms with Gasteiger partial charge in [-0.1, -0.05) is 24.1 Å². The summed E-state index contributed by atoms with van der Waals surface area (Å²) in [6.07, 6.45) is 6.08. The lowest BCUT2D eigenvalue weighted by atomic mass is 10.2. The number of terminal acetylenes is 1. The molecule has 0 aliphatic heterocycles. The van der Waals surface area contributed by atoms with Crippen molar-refractivity contribution in [3.8, 4) is 12.3 Å². The highest BCUT2D eigenvalue weighted by Gasteiger charge is 2.23. The maximum atomic E-state index is 12.9. The van der Waals surface area contributed by atoms with Gasteiger partial charge in [0.1, 0.15) is 5.69 Å². The van der Waals surface area contributed by atoms with Crippen LogP contribution in [-0.4, -0.2) is 50.7 Å². The molecule has 0 unspecified atom stereocenters. The third-order valence-electron chi connectivity index (χ3n) is 5.26. The molecule has 36 heavy (non-hydrogen) atoms. The van der Waals surface area contributed by atoms with Crippen LogP contribution in [0.4, 0.5) is 17.1 Å². The van der Waals surface area contributed by atoms with Gasteiger partial charge in [-0.2, -0.15) is 0 Å². The Bertz CT molecular complexity index is 1320. The fourth-order valence-electron chi connectivity index (χ4n) is 3.34. The van der Waals surface area contributed by atoms with Gasteiger partial charge in [-0.3, -0.25) is 14.8 Å². The molecule has 0 bridgehead atoms. The van der Waals surface area contributed by atoms with E-state index in [2.05, 4.69) is 16.0 Å². The van der Waals surface area contributed by atoms with E-state index in [0.717, 1.165) is 23.9 Å². The van der Waals surface area contributed by atoms with Crippen molar-refractivity contribution in [3.05, 3.63) is 88.5 Å². The molecule has 0 heterocycles. The van der Waals surface area contributed by atoms with Gasteiger partial charge >= 0.3 is 0 Å². The van der Waals surface area contributed by atoms with Gasteiger partial charge in [-0.05, 0) is 75.6 Å². The van der Waals surface area contributed by atoms with Gasteiger partial charge in [0.25, 0.3) is 15.7 Å². The van der Waals surface area contributed by atoms with Crippen LogP contribution >= 0.6 is 11.8 Å². The average Bonchev–Trinajstić information content (AvgIpc) is 2.86. The number of nitro benzene ring substituents is 1. The molecule has 1 atom stereocenters. The van der Waals surface area contributed by atoms with E-state index in [1.165, 1.54) is 24.3 Å². The van der Waals surface area contributed by atoms with E-state index in [9.17, 15) is 18.5 Å². The van der Waals surface area contributed by atoms with Crippen LogP contribution in [0.1, 0.15) is 12.0 Å². The smallest absolute Gasteiger partial charge is 0.293 e. The highest BCUT2D eigenvalue weighted by atomic mass is 32.2. The minimum absolute atomic E-state index is 0.0773. The molecule has 0 aliphatic rings. The van der Waals surface area contributed by atoms with Crippen LogP contribution in [0, 0.1) is 22.5 Å². The summed E-state index contributed by atoms with van der Waals surface area (Å²) in [6.45, 7) is 0.787. The molecule has 3 aromatic rings. The first-order valence-corrected chi connectivity index (χ1v) is 13.6. The number of sulfonamides is 1. The zero-order chi connectivity index (χ0) is 26.1. The van der Waals surface area contributed by atoms with E-state index < -0.39 is 14.9 Å². The summed E-state index contributed by atoms with van der Waals surface area (Å²) < 4.78 is 28.2. The van der Waals surface area contributed by atoms with E-state index in [-0.39, 0.29) is 22.3 Å². The number of anilines is 2. The number of rotatable bonds is 12. The molecule has 0 spiro atoms. The third-order valence-corrected chi connectivity index (χ3v) is 7.81. The summed E-state index contributed by atoms with van der Waals surface area (Å²) in [6, 6.07) is 20.0. The Balaban J connectivity index is 1.82. The monoisotopic (exact) mass is 524 g/mol. The van der Waals surface area contributed by atoms with Gasteiger partial charge in [0.05, 0.1) is 9.82 Å². The van der Waals surface area contributed by atoms with E-state index >= 15 is 0 Å². The molecular formula is C26H28N4O4S2. The first-order valence-electron chi connectivity index (χ1n) is 11.1. The second-order valence-electron chi connectivity index (χ2n) is 8.32. The molecule has 2 N–H and O–H groups in total. The topological polar surface area (TPSA) is 105 Å². The predicted octanol–water partition coefficient (Wildman–Crippen LogP) is 4.90. The standard InChI is InChI=1S/C26H28N4O4S2/c1-4-20-10-12-21(13-11-20)28-36(33,34)24-14-15-25(26(18-24)30(31)32)27-22(16-17-29(2)3)19-35-23-8-6-5-7-9-23/h1,5-15,18,22,27-28H,16-17,19H2,2-3H3/t22-/m1/s1. The molecule has 10 heteroatoms. The molecule has 0 aromatic heterocycles. The normalized spacial score (nSPS) is 12.1. The number of nitrogens with zero attached hydrogens (tertiary/aromatic N) is 2. The maximum Gasteiger partial charge on any atom is 0.293 e. The Morgan fingerprint density at radius 3 is 2.39 bits per heavy atom. The quantitative estimate of drug-likeness (QED) is 0.150. The number of hydrogen-bond acceptors (Lipinski definition) is 7. The van der Waals surface area contributed by atoms with Gasteiger partial charge in [-0.15, -0.1) is 18.2 Å². The Labute approximate surface area is 216 Å². The lowest BCUT2D eigenvalue weighted by Crippen LogP contribution is -2.28. The number of benzene rings is 3. The van der Waals surface area contributed by atoms with Crippen molar-refractivity contribution in [1.29, 1.82) is 0 Å². The lowest BCUT2D eigenvalue weighted by molar-refractivity contribution is -0.384. The zero-order valence-corrected chi connectivity index (χ0v) is 21.7. The van der Waals surface area contributed by atoms with Gasteiger partial charge in [0.2, 0.25) is 0 Å².